The van der Waals surface area contributed by atoms with Crippen molar-refractivity contribution in [3.63, 3.8) is 0 Å². The van der Waals surface area contributed by atoms with E-state index < -0.39 is 0 Å². The van der Waals surface area contributed by atoms with Crippen molar-refractivity contribution in [2.45, 2.75) is 11.8 Å². The minimum atomic E-state index is -0.0127. The first-order chi connectivity index (χ1) is 40.6. The van der Waals surface area contributed by atoms with E-state index in [4.69, 9.17) is 38.7 Å². The van der Waals surface area contributed by atoms with E-state index >= 15 is 0 Å². The van der Waals surface area contributed by atoms with Crippen molar-refractivity contribution in [2.75, 3.05) is 0 Å². The van der Waals surface area contributed by atoms with Gasteiger partial charge < -0.3 is 8.83 Å². The molecule has 2 bridgehead atoms. The summed E-state index contributed by atoms with van der Waals surface area (Å²) >= 11 is 0. The lowest BCUT2D eigenvalue weighted by Gasteiger charge is -2.42. The van der Waals surface area contributed by atoms with Crippen molar-refractivity contribution in [3.8, 4) is 90.6 Å². The number of hydrogen-bond acceptors (Lipinski definition) is 8. The number of fused-ring (bicyclic) bond motifs is 6. The average Bonchev–Trinajstić information content (AvgIpc) is 1.26. The van der Waals surface area contributed by atoms with Crippen molar-refractivity contribution in [2.24, 2.45) is 0 Å². The quantitative estimate of drug-likeness (QED) is 0.148. The summed E-state index contributed by atoms with van der Waals surface area (Å²) in [6.07, 6.45) is 0. The van der Waals surface area contributed by atoms with Gasteiger partial charge in [0.15, 0.2) is 34.9 Å². The molecule has 0 saturated carbocycles. The molecule has 11 aromatic carbocycles. The predicted molar refractivity (Wildman–Crippen MR) is 326 cm³/mol. The molecule has 4 aromatic heterocycles. The smallest absolute Gasteiger partial charge is 0.164 e. The van der Waals surface area contributed by atoms with Gasteiger partial charge in [0.1, 0.15) is 22.3 Å². The lowest BCUT2D eigenvalue weighted by Crippen LogP contribution is -2.27. The highest BCUT2D eigenvalue weighted by molar-refractivity contribution is 6.07. The lowest BCUT2D eigenvalue weighted by atomic mass is 9.61. The zero-order chi connectivity index (χ0) is 53.8. The lowest BCUT2D eigenvalue weighted by molar-refractivity contribution is 0.668. The van der Waals surface area contributed by atoms with Gasteiger partial charge in [-0.3, -0.25) is 0 Å². The Kier molecular flexibility index (Phi) is 10.3. The third kappa shape index (κ3) is 7.53. The number of furan rings is 2. The Labute approximate surface area is 470 Å². The molecule has 0 radical (unpaired) electrons. The number of nitrogens with zero attached hydrogens (tertiary/aromatic N) is 6. The van der Waals surface area contributed by atoms with E-state index in [2.05, 4.69) is 182 Å². The highest BCUT2D eigenvalue weighted by Gasteiger charge is 2.41. The van der Waals surface area contributed by atoms with Crippen LogP contribution in [0.3, 0.4) is 0 Å². The Morgan fingerprint density at radius 2 is 0.488 bits per heavy atom. The summed E-state index contributed by atoms with van der Waals surface area (Å²) in [5, 5.41) is 4.45. The molecule has 4 heterocycles. The second-order valence-electron chi connectivity index (χ2n) is 21.3. The maximum absolute atomic E-state index is 6.25. The number of rotatable bonds is 8. The first-order valence-electron chi connectivity index (χ1n) is 27.6. The predicted octanol–water partition coefficient (Wildman–Crippen LogP) is 18.2. The average molecular weight is 1050 g/mol. The van der Waals surface area contributed by atoms with Crippen LogP contribution in [0, 0.1) is 0 Å². The molecule has 82 heavy (non-hydrogen) atoms. The molecule has 0 aliphatic heterocycles. The molecule has 0 N–H and O–H groups in total. The molecule has 3 aliphatic carbocycles. The minimum Gasteiger partial charge on any atom is -0.456 e. The van der Waals surface area contributed by atoms with Gasteiger partial charge in [-0.25, -0.2) is 29.9 Å². The molecule has 18 rings (SSSR count). The fourth-order valence-corrected chi connectivity index (χ4v) is 12.6. The summed E-state index contributed by atoms with van der Waals surface area (Å²) in [5.41, 5.74) is 21.0. The Bertz CT molecular complexity index is 4730. The first kappa shape index (κ1) is 46.0. The van der Waals surface area contributed by atoms with Gasteiger partial charge >= 0.3 is 0 Å². The molecular weight excluding hydrogens is 1000 g/mol. The van der Waals surface area contributed by atoms with Crippen molar-refractivity contribution in [1.82, 2.24) is 29.9 Å². The maximum atomic E-state index is 6.25. The van der Waals surface area contributed by atoms with Gasteiger partial charge in [0.25, 0.3) is 0 Å². The van der Waals surface area contributed by atoms with Crippen LogP contribution in [0.25, 0.3) is 134 Å². The Balaban J connectivity index is 0.726. The van der Waals surface area contributed by atoms with E-state index in [0.717, 1.165) is 99.5 Å². The molecule has 2 atom stereocenters. The fraction of sp³-hybridized carbons (Fsp3) is 0.0270. The number of aromatic nitrogens is 6. The van der Waals surface area contributed by atoms with E-state index in [0.29, 0.717) is 34.9 Å². The summed E-state index contributed by atoms with van der Waals surface area (Å²) in [6, 6.07) is 89.0. The molecule has 15 aromatic rings. The van der Waals surface area contributed by atoms with Crippen LogP contribution in [-0.2, 0) is 0 Å². The summed E-state index contributed by atoms with van der Waals surface area (Å²) in [7, 11) is 0. The monoisotopic (exact) mass is 1050 g/mol. The van der Waals surface area contributed by atoms with E-state index in [9.17, 15) is 0 Å². The molecule has 8 nitrogen and oxygen atoms in total. The van der Waals surface area contributed by atoms with Gasteiger partial charge in [0, 0.05) is 66.8 Å². The van der Waals surface area contributed by atoms with E-state index in [1.807, 2.05) is 72.8 Å². The van der Waals surface area contributed by atoms with Crippen LogP contribution >= 0.6 is 0 Å². The van der Waals surface area contributed by atoms with Crippen LogP contribution in [-0.4, -0.2) is 29.9 Å². The third-order valence-electron chi connectivity index (χ3n) is 16.6. The molecule has 382 valence electrons. The van der Waals surface area contributed by atoms with Crippen molar-refractivity contribution in [3.05, 3.63) is 288 Å². The van der Waals surface area contributed by atoms with Crippen LogP contribution in [0.1, 0.15) is 45.2 Å². The van der Waals surface area contributed by atoms with E-state index in [-0.39, 0.29) is 11.8 Å². The zero-order valence-electron chi connectivity index (χ0n) is 43.9. The fourth-order valence-electron chi connectivity index (χ4n) is 12.6. The van der Waals surface area contributed by atoms with E-state index in [1.54, 1.807) is 0 Å². The van der Waals surface area contributed by atoms with Crippen LogP contribution in [0.5, 0.6) is 0 Å². The second-order valence-corrected chi connectivity index (χ2v) is 21.3. The first-order valence-corrected chi connectivity index (χ1v) is 27.6. The third-order valence-corrected chi connectivity index (χ3v) is 16.6. The van der Waals surface area contributed by atoms with Gasteiger partial charge in [0.05, 0.1) is 0 Å². The van der Waals surface area contributed by atoms with Crippen molar-refractivity contribution in [1.29, 1.82) is 0 Å². The van der Waals surface area contributed by atoms with E-state index in [1.165, 1.54) is 33.4 Å². The minimum absolute atomic E-state index is 0.0127. The SMILES string of the molecule is c1ccc(-c2nc(-c3ccc(-c4ccc5c(c4)oc4ccccc45)cc3)nc(-c3ccc4c(c3)C3c5ccccc5C4c4cc(-c5nc(-c6ccccc6)nc(-c6ccc(-c7ccc8c(c7)oc7ccccc78)cc6)n5)ccc43)n2)cc1. The van der Waals surface area contributed by atoms with Crippen LogP contribution in [0.4, 0.5) is 0 Å². The standard InChI is InChI=1S/C74H44N6O2/c1-3-13-45(14-4-1)69-75-71(47-27-23-43(24-28-47)49-31-35-55-53-17-9-11-21-63(53)81-65(55)41-49)79-73(77-69)51-33-37-59-61(39-51)67-57-19-7-8-20-58(57)68(59)62-40-52(34-38-60(62)67)74-78-70(46-15-5-2-6-16-46)76-72(80-74)48-29-25-44(26-30-48)50-32-36-56-54-18-10-12-22-64(54)82-66(56)42-50/h1-42,67-68H. The van der Waals surface area contributed by atoms with Gasteiger partial charge in [-0.1, -0.05) is 206 Å². The van der Waals surface area contributed by atoms with Crippen molar-refractivity contribution < 1.29 is 8.83 Å². The highest BCUT2D eigenvalue weighted by Crippen LogP contribution is 2.57. The number of hydrogen-bond donors (Lipinski definition) is 0. The molecule has 2 unspecified atom stereocenters. The summed E-state index contributed by atoms with van der Waals surface area (Å²) in [4.78, 5) is 31.1. The van der Waals surface area contributed by atoms with Crippen LogP contribution in [0.15, 0.2) is 264 Å². The van der Waals surface area contributed by atoms with Gasteiger partial charge in [0.2, 0.25) is 0 Å². The number of benzene rings is 11. The summed E-state index contributed by atoms with van der Waals surface area (Å²) in [5.74, 6) is 3.67. The summed E-state index contributed by atoms with van der Waals surface area (Å²) < 4.78 is 12.5. The normalized spacial score (nSPS) is 14.1. The Morgan fingerprint density at radius 3 is 0.902 bits per heavy atom. The summed E-state index contributed by atoms with van der Waals surface area (Å²) in [6.45, 7) is 0. The van der Waals surface area contributed by atoms with Gasteiger partial charge in [-0.05, 0) is 104 Å². The van der Waals surface area contributed by atoms with Crippen LogP contribution in [0.2, 0.25) is 0 Å². The Morgan fingerprint density at radius 1 is 0.195 bits per heavy atom. The number of para-hydroxylation sites is 2. The molecule has 0 amide bonds. The zero-order valence-corrected chi connectivity index (χ0v) is 43.9. The molecule has 3 aliphatic rings. The Hall–Kier alpha value is -11.0. The highest BCUT2D eigenvalue weighted by atomic mass is 16.3. The van der Waals surface area contributed by atoms with Gasteiger partial charge in [-0.15, -0.1) is 0 Å². The second kappa shape index (κ2) is 18.3. The van der Waals surface area contributed by atoms with Gasteiger partial charge in [-0.2, -0.15) is 0 Å². The molecule has 8 heteroatoms. The molecule has 0 fully saturated rings. The largest absolute Gasteiger partial charge is 0.456 e. The topological polar surface area (TPSA) is 104 Å². The maximum Gasteiger partial charge on any atom is 0.164 e. The molecular formula is C74H44N6O2. The molecule has 0 saturated heterocycles. The van der Waals surface area contributed by atoms with Crippen LogP contribution < -0.4 is 0 Å². The van der Waals surface area contributed by atoms with Crippen molar-refractivity contribution >= 4 is 43.9 Å². The molecule has 0 spiro atoms.